The van der Waals surface area contributed by atoms with Crippen molar-refractivity contribution in [1.29, 1.82) is 0 Å². The number of guanidine groups is 1. The number of halogens is 1. The number of nitrogens with zero attached hydrogens (tertiary/aromatic N) is 1. The van der Waals surface area contributed by atoms with E-state index in [-0.39, 0.29) is 28.2 Å². The van der Waals surface area contributed by atoms with E-state index in [1.54, 1.807) is 17.4 Å². The lowest BCUT2D eigenvalue weighted by molar-refractivity contribution is 0.600. The standard InChI is InChI=1S/C15H22N4O2S3.HI/c1-3-17-15(18-9-11(2)13-5-4-8-22-13)19-10-12-6-7-14(23-12)24(16,20)21;/h4-8,11H,3,9-10H2,1-2H3,(H2,16,20,21)(H2,17,18,19);1H. The molecule has 0 spiro atoms. The summed E-state index contributed by atoms with van der Waals surface area (Å²) in [4.78, 5) is 6.68. The van der Waals surface area contributed by atoms with Crippen molar-refractivity contribution in [2.45, 2.75) is 30.5 Å². The van der Waals surface area contributed by atoms with E-state index in [9.17, 15) is 8.42 Å². The molecule has 1 unspecified atom stereocenters. The summed E-state index contributed by atoms with van der Waals surface area (Å²) in [5.74, 6) is 1.11. The van der Waals surface area contributed by atoms with Gasteiger partial charge in [0.2, 0.25) is 10.0 Å². The van der Waals surface area contributed by atoms with Crippen LogP contribution in [0.5, 0.6) is 0 Å². The normalized spacial score (nSPS) is 13.2. The van der Waals surface area contributed by atoms with Crippen molar-refractivity contribution >= 4 is 62.6 Å². The quantitative estimate of drug-likeness (QED) is 0.301. The molecule has 0 aromatic carbocycles. The Morgan fingerprint density at radius 1 is 1.32 bits per heavy atom. The summed E-state index contributed by atoms with van der Waals surface area (Å²) in [5, 5.41) is 13.7. The minimum Gasteiger partial charge on any atom is -0.357 e. The first-order valence-corrected chi connectivity index (χ1v) is 10.8. The molecule has 2 heterocycles. The highest BCUT2D eigenvalue weighted by atomic mass is 127. The van der Waals surface area contributed by atoms with E-state index in [0.29, 0.717) is 18.4 Å². The van der Waals surface area contributed by atoms with Gasteiger partial charge in [-0.3, -0.25) is 0 Å². The highest BCUT2D eigenvalue weighted by molar-refractivity contribution is 14.0. The van der Waals surface area contributed by atoms with Crippen LogP contribution in [0.25, 0.3) is 0 Å². The van der Waals surface area contributed by atoms with E-state index < -0.39 is 10.0 Å². The van der Waals surface area contributed by atoms with Gasteiger partial charge in [-0.25, -0.2) is 18.5 Å². The molecule has 0 saturated carbocycles. The van der Waals surface area contributed by atoms with Gasteiger partial charge in [-0.2, -0.15) is 0 Å². The second-order valence-corrected chi connectivity index (χ2v) is 9.19. The summed E-state index contributed by atoms with van der Waals surface area (Å²) < 4.78 is 22.8. The Kier molecular flexibility index (Phi) is 9.35. The van der Waals surface area contributed by atoms with Gasteiger partial charge < -0.3 is 10.6 Å². The van der Waals surface area contributed by atoms with Gasteiger partial charge in [-0.05, 0) is 30.5 Å². The first-order valence-electron chi connectivity index (χ1n) is 7.57. The third kappa shape index (κ3) is 7.21. The van der Waals surface area contributed by atoms with Crippen molar-refractivity contribution in [2.24, 2.45) is 10.1 Å². The predicted octanol–water partition coefficient (Wildman–Crippen LogP) is 2.93. The Hall–Kier alpha value is -0.690. The summed E-state index contributed by atoms with van der Waals surface area (Å²) in [6.07, 6.45) is 0. The Morgan fingerprint density at radius 2 is 2.08 bits per heavy atom. The van der Waals surface area contributed by atoms with Crippen molar-refractivity contribution in [3.63, 3.8) is 0 Å². The molecule has 6 nitrogen and oxygen atoms in total. The highest BCUT2D eigenvalue weighted by Crippen LogP contribution is 2.21. The summed E-state index contributed by atoms with van der Waals surface area (Å²) in [6, 6.07) is 7.44. The number of hydrogen-bond acceptors (Lipinski definition) is 5. The molecule has 2 aromatic rings. The maximum Gasteiger partial charge on any atom is 0.247 e. The van der Waals surface area contributed by atoms with Crippen molar-refractivity contribution in [3.05, 3.63) is 39.4 Å². The monoisotopic (exact) mass is 514 g/mol. The van der Waals surface area contributed by atoms with Crippen LogP contribution in [-0.2, 0) is 16.6 Å². The Balaban J connectivity index is 0.00000312. The molecule has 0 aliphatic carbocycles. The third-order valence-corrected chi connectivity index (χ3v) is 6.87. The fourth-order valence-corrected chi connectivity index (χ4v) is 4.51. The molecule has 0 aliphatic heterocycles. The molecule has 0 aliphatic rings. The summed E-state index contributed by atoms with van der Waals surface area (Å²) in [5.41, 5.74) is 0. The van der Waals surface area contributed by atoms with Crippen LogP contribution in [0.1, 0.15) is 29.5 Å². The molecule has 0 fully saturated rings. The first-order chi connectivity index (χ1) is 11.4. The SMILES string of the molecule is CCNC(=NCc1ccc(S(N)(=O)=O)s1)NCC(C)c1cccs1.I. The molecule has 0 bridgehead atoms. The Morgan fingerprint density at radius 3 is 2.64 bits per heavy atom. The van der Waals surface area contributed by atoms with Crippen LogP contribution in [0.15, 0.2) is 38.8 Å². The van der Waals surface area contributed by atoms with E-state index in [4.69, 9.17) is 5.14 Å². The maximum atomic E-state index is 11.3. The number of primary sulfonamides is 1. The zero-order valence-electron chi connectivity index (χ0n) is 14.1. The molecular weight excluding hydrogens is 491 g/mol. The highest BCUT2D eigenvalue weighted by Gasteiger charge is 2.11. The fourth-order valence-electron chi connectivity index (χ4n) is 2.02. The van der Waals surface area contributed by atoms with Crippen LogP contribution in [-0.4, -0.2) is 27.5 Å². The van der Waals surface area contributed by atoms with Crippen molar-refractivity contribution < 1.29 is 8.42 Å². The van der Waals surface area contributed by atoms with E-state index in [2.05, 4.69) is 40.1 Å². The molecule has 25 heavy (non-hydrogen) atoms. The molecule has 1 atom stereocenters. The van der Waals surface area contributed by atoms with Crippen molar-refractivity contribution in [3.8, 4) is 0 Å². The molecule has 140 valence electrons. The Labute approximate surface area is 174 Å². The molecule has 0 radical (unpaired) electrons. The zero-order chi connectivity index (χ0) is 17.6. The third-order valence-electron chi connectivity index (χ3n) is 3.26. The molecule has 2 aromatic heterocycles. The van der Waals surface area contributed by atoms with E-state index >= 15 is 0 Å². The second kappa shape index (κ2) is 10.5. The van der Waals surface area contributed by atoms with Gasteiger partial charge in [0.15, 0.2) is 5.96 Å². The molecule has 10 heteroatoms. The smallest absolute Gasteiger partial charge is 0.247 e. The van der Waals surface area contributed by atoms with Crippen LogP contribution in [0.3, 0.4) is 0 Å². The topological polar surface area (TPSA) is 96.6 Å². The minimum atomic E-state index is -3.64. The van der Waals surface area contributed by atoms with Gasteiger partial charge in [-0.1, -0.05) is 13.0 Å². The van der Waals surface area contributed by atoms with E-state index in [1.807, 2.05) is 6.92 Å². The Bertz CT molecular complexity index is 773. The number of nitrogens with one attached hydrogen (secondary N) is 2. The minimum absolute atomic E-state index is 0. The number of hydrogen-bond donors (Lipinski definition) is 3. The van der Waals surface area contributed by atoms with Gasteiger partial charge in [-0.15, -0.1) is 46.7 Å². The van der Waals surface area contributed by atoms with Gasteiger partial charge in [0.25, 0.3) is 0 Å². The molecule has 4 N–H and O–H groups in total. The summed E-state index contributed by atoms with van der Waals surface area (Å²) in [6.45, 7) is 6.11. The van der Waals surface area contributed by atoms with Gasteiger partial charge in [0.1, 0.15) is 4.21 Å². The first kappa shape index (κ1) is 22.4. The van der Waals surface area contributed by atoms with E-state index in [0.717, 1.165) is 29.3 Å². The number of aliphatic imine (C=N–C) groups is 1. The average molecular weight is 514 g/mol. The van der Waals surface area contributed by atoms with Gasteiger partial charge in [0, 0.05) is 28.8 Å². The van der Waals surface area contributed by atoms with Crippen LogP contribution in [0.2, 0.25) is 0 Å². The lowest BCUT2D eigenvalue weighted by Crippen LogP contribution is -2.38. The second-order valence-electron chi connectivity index (χ2n) is 5.26. The number of thiophene rings is 2. The van der Waals surface area contributed by atoms with Crippen LogP contribution < -0.4 is 15.8 Å². The summed E-state index contributed by atoms with van der Waals surface area (Å²) in [7, 11) is -3.64. The number of rotatable bonds is 7. The van der Waals surface area contributed by atoms with E-state index in [1.165, 1.54) is 10.9 Å². The van der Waals surface area contributed by atoms with Crippen molar-refractivity contribution in [1.82, 2.24) is 10.6 Å². The average Bonchev–Trinajstić information content (AvgIpc) is 3.20. The predicted molar refractivity (Wildman–Crippen MR) is 117 cm³/mol. The fraction of sp³-hybridized carbons (Fsp3) is 0.400. The number of sulfonamides is 1. The molecule has 0 saturated heterocycles. The van der Waals surface area contributed by atoms with Crippen LogP contribution in [0.4, 0.5) is 0 Å². The molecular formula is C15H23IN4O2S3. The van der Waals surface area contributed by atoms with Crippen molar-refractivity contribution in [2.75, 3.05) is 13.1 Å². The summed E-state index contributed by atoms with van der Waals surface area (Å²) >= 11 is 2.89. The zero-order valence-corrected chi connectivity index (χ0v) is 18.8. The van der Waals surface area contributed by atoms with Crippen LogP contribution >= 0.6 is 46.7 Å². The van der Waals surface area contributed by atoms with Gasteiger partial charge >= 0.3 is 0 Å². The number of nitrogens with two attached hydrogens (primary N) is 1. The van der Waals surface area contributed by atoms with Gasteiger partial charge in [0.05, 0.1) is 6.54 Å². The largest absolute Gasteiger partial charge is 0.357 e. The lowest BCUT2D eigenvalue weighted by Gasteiger charge is -2.14. The lowest BCUT2D eigenvalue weighted by atomic mass is 10.1. The van der Waals surface area contributed by atoms with Crippen LogP contribution in [0, 0.1) is 0 Å². The molecule has 0 amide bonds. The molecule has 2 rings (SSSR count). The maximum absolute atomic E-state index is 11.3.